The standard InChI is InChI=1S/C15H24N2/c1-13(12-17-10-6-7-11-17)15(16-2)14-8-4-3-5-9-14/h3-5,8-9,13,15-16H,6-7,10-12H2,1-2H3/t13-,15?/m0/s1. The zero-order valence-corrected chi connectivity index (χ0v) is 11.0. The number of hydrogen-bond donors (Lipinski definition) is 1. The van der Waals surface area contributed by atoms with Crippen molar-refractivity contribution in [3.05, 3.63) is 35.9 Å². The molecule has 2 atom stereocenters. The van der Waals surface area contributed by atoms with Crippen LogP contribution in [-0.4, -0.2) is 31.6 Å². The fourth-order valence-corrected chi connectivity index (χ4v) is 2.92. The van der Waals surface area contributed by atoms with Crippen molar-refractivity contribution in [2.75, 3.05) is 26.7 Å². The number of nitrogens with zero attached hydrogens (tertiary/aromatic N) is 1. The normalized spacial score (nSPS) is 20.4. The Morgan fingerprint density at radius 3 is 2.41 bits per heavy atom. The van der Waals surface area contributed by atoms with Gasteiger partial charge >= 0.3 is 0 Å². The smallest absolute Gasteiger partial charge is 0.0355 e. The summed E-state index contributed by atoms with van der Waals surface area (Å²) in [7, 11) is 2.07. The van der Waals surface area contributed by atoms with Gasteiger partial charge in [-0.2, -0.15) is 0 Å². The van der Waals surface area contributed by atoms with Crippen LogP contribution in [0.5, 0.6) is 0 Å². The third-order valence-electron chi connectivity index (χ3n) is 3.78. The van der Waals surface area contributed by atoms with Crippen molar-refractivity contribution in [3.8, 4) is 0 Å². The molecule has 0 aromatic heterocycles. The van der Waals surface area contributed by atoms with Gasteiger partial charge < -0.3 is 10.2 Å². The summed E-state index contributed by atoms with van der Waals surface area (Å²) < 4.78 is 0. The summed E-state index contributed by atoms with van der Waals surface area (Å²) in [5.41, 5.74) is 1.40. The first-order valence-electron chi connectivity index (χ1n) is 6.76. The molecule has 1 unspecified atom stereocenters. The number of nitrogens with one attached hydrogen (secondary N) is 1. The van der Waals surface area contributed by atoms with Crippen LogP contribution < -0.4 is 5.32 Å². The molecule has 0 radical (unpaired) electrons. The maximum atomic E-state index is 3.47. The van der Waals surface area contributed by atoms with Crippen molar-refractivity contribution >= 4 is 0 Å². The summed E-state index contributed by atoms with van der Waals surface area (Å²) >= 11 is 0. The lowest BCUT2D eigenvalue weighted by molar-refractivity contribution is 0.252. The van der Waals surface area contributed by atoms with E-state index < -0.39 is 0 Å². The van der Waals surface area contributed by atoms with Crippen LogP contribution in [0.2, 0.25) is 0 Å². The summed E-state index contributed by atoms with van der Waals surface area (Å²) in [4.78, 5) is 2.60. The Bertz CT molecular complexity index is 317. The Hall–Kier alpha value is -0.860. The predicted molar refractivity (Wildman–Crippen MR) is 73.1 cm³/mol. The fraction of sp³-hybridized carbons (Fsp3) is 0.600. The molecule has 0 aliphatic carbocycles. The first kappa shape index (κ1) is 12.6. The summed E-state index contributed by atoms with van der Waals surface area (Å²) in [6.07, 6.45) is 2.75. The summed E-state index contributed by atoms with van der Waals surface area (Å²) in [5, 5.41) is 3.47. The molecule has 17 heavy (non-hydrogen) atoms. The highest BCUT2D eigenvalue weighted by Crippen LogP contribution is 2.23. The van der Waals surface area contributed by atoms with Crippen LogP contribution in [0.1, 0.15) is 31.4 Å². The third kappa shape index (κ3) is 3.30. The van der Waals surface area contributed by atoms with E-state index in [2.05, 4.69) is 54.5 Å². The van der Waals surface area contributed by atoms with E-state index in [-0.39, 0.29) is 0 Å². The Morgan fingerprint density at radius 1 is 1.18 bits per heavy atom. The van der Waals surface area contributed by atoms with E-state index in [0.717, 1.165) is 0 Å². The number of rotatable bonds is 5. The molecule has 2 rings (SSSR count). The molecular weight excluding hydrogens is 208 g/mol. The zero-order chi connectivity index (χ0) is 12.1. The molecule has 0 amide bonds. The lowest BCUT2D eigenvalue weighted by atomic mass is 9.94. The van der Waals surface area contributed by atoms with E-state index in [1.165, 1.54) is 38.0 Å². The summed E-state index contributed by atoms with van der Waals surface area (Å²) in [6.45, 7) is 6.14. The van der Waals surface area contributed by atoms with Crippen LogP contribution in [-0.2, 0) is 0 Å². The molecule has 0 bridgehead atoms. The van der Waals surface area contributed by atoms with Crippen LogP contribution in [0.4, 0.5) is 0 Å². The zero-order valence-electron chi connectivity index (χ0n) is 11.0. The van der Waals surface area contributed by atoms with Gasteiger partial charge in [-0.3, -0.25) is 0 Å². The van der Waals surface area contributed by atoms with Gasteiger partial charge in [0.05, 0.1) is 0 Å². The van der Waals surface area contributed by atoms with E-state index in [4.69, 9.17) is 0 Å². The van der Waals surface area contributed by atoms with Gasteiger partial charge in [0, 0.05) is 12.6 Å². The van der Waals surface area contributed by atoms with Gasteiger partial charge in [0.1, 0.15) is 0 Å². The monoisotopic (exact) mass is 232 g/mol. The average molecular weight is 232 g/mol. The van der Waals surface area contributed by atoms with E-state index in [1.807, 2.05) is 0 Å². The van der Waals surface area contributed by atoms with Gasteiger partial charge in [0.15, 0.2) is 0 Å². The minimum absolute atomic E-state index is 0.469. The fourth-order valence-electron chi connectivity index (χ4n) is 2.92. The lowest BCUT2D eigenvalue weighted by Gasteiger charge is -2.28. The molecule has 2 heteroatoms. The molecule has 1 aliphatic heterocycles. The topological polar surface area (TPSA) is 15.3 Å². The Labute approximate surface area is 105 Å². The summed E-state index contributed by atoms with van der Waals surface area (Å²) in [5.74, 6) is 0.653. The van der Waals surface area contributed by atoms with Crippen LogP contribution >= 0.6 is 0 Å². The molecule has 0 saturated carbocycles. The molecule has 1 fully saturated rings. The second kappa shape index (κ2) is 6.18. The molecule has 2 nitrogen and oxygen atoms in total. The SMILES string of the molecule is CNC(c1ccccc1)[C@@H](C)CN1CCCC1. The van der Waals surface area contributed by atoms with Crippen molar-refractivity contribution < 1.29 is 0 Å². The predicted octanol–water partition coefficient (Wildman–Crippen LogP) is 2.68. The van der Waals surface area contributed by atoms with Gasteiger partial charge in [-0.1, -0.05) is 37.3 Å². The van der Waals surface area contributed by atoms with E-state index >= 15 is 0 Å². The minimum Gasteiger partial charge on any atom is -0.313 e. The van der Waals surface area contributed by atoms with Crippen molar-refractivity contribution in [1.82, 2.24) is 10.2 Å². The van der Waals surface area contributed by atoms with Gasteiger partial charge in [-0.25, -0.2) is 0 Å². The quantitative estimate of drug-likeness (QED) is 0.839. The molecule has 1 aliphatic rings. The Balaban J connectivity index is 1.97. The molecule has 1 N–H and O–H groups in total. The number of likely N-dealkylation sites (tertiary alicyclic amines) is 1. The van der Waals surface area contributed by atoms with E-state index in [1.54, 1.807) is 0 Å². The molecule has 0 spiro atoms. The minimum atomic E-state index is 0.469. The number of benzene rings is 1. The van der Waals surface area contributed by atoms with Crippen molar-refractivity contribution in [3.63, 3.8) is 0 Å². The second-order valence-electron chi connectivity index (χ2n) is 5.16. The van der Waals surface area contributed by atoms with Crippen LogP contribution in [0.3, 0.4) is 0 Å². The van der Waals surface area contributed by atoms with E-state index in [9.17, 15) is 0 Å². The van der Waals surface area contributed by atoms with Crippen molar-refractivity contribution in [1.29, 1.82) is 0 Å². The van der Waals surface area contributed by atoms with Crippen LogP contribution in [0.15, 0.2) is 30.3 Å². The molecule has 1 aromatic carbocycles. The van der Waals surface area contributed by atoms with Gasteiger partial charge in [-0.15, -0.1) is 0 Å². The summed E-state index contributed by atoms with van der Waals surface area (Å²) in [6, 6.07) is 11.3. The maximum absolute atomic E-state index is 3.47. The molecule has 1 aromatic rings. The first-order valence-corrected chi connectivity index (χ1v) is 6.76. The van der Waals surface area contributed by atoms with E-state index in [0.29, 0.717) is 12.0 Å². The van der Waals surface area contributed by atoms with Crippen molar-refractivity contribution in [2.45, 2.75) is 25.8 Å². The Morgan fingerprint density at radius 2 is 1.82 bits per heavy atom. The molecule has 1 heterocycles. The van der Waals surface area contributed by atoms with Gasteiger partial charge in [0.2, 0.25) is 0 Å². The van der Waals surface area contributed by atoms with Gasteiger partial charge in [0.25, 0.3) is 0 Å². The van der Waals surface area contributed by atoms with Crippen molar-refractivity contribution in [2.24, 2.45) is 5.92 Å². The highest BCUT2D eigenvalue weighted by Gasteiger charge is 2.21. The van der Waals surface area contributed by atoms with Gasteiger partial charge in [-0.05, 0) is 44.5 Å². The average Bonchev–Trinajstić information content (AvgIpc) is 2.84. The second-order valence-corrected chi connectivity index (χ2v) is 5.16. The molecule has 1 saturated heterocycles. The molecular formula is C15H24N2. The largest absolute Gasteiger partial charge is 0.313 e. The lowest BCUT2D eigenvalue weighted by Crippen LogP contribution is -2.33. The highest BCUT2D eigenvalue weighted by molar-refractivity contribution is 5.19. The first-order chi connectivity index (χ1) is 8.31. The molecule has 94 valence electrons. The number of hydrogen-bond acceptors (Lipinski definition) is 2. The Kier molecular flexibility index (Phi) is 4.57. The third-order valence-corrected chi connectivity index (χ3v) is 3.78. The van der Waals surface area contributed by atoms with Crippen LogP contribution in [0, 0.1) is 5.92 Å². The van der Waals surface area contributed by atoms with Crippen LogP contribution in [0.25, 0.3) is 0 Å². The highest BCUT2D eigenvalue weighted by atomic mass is 15.1. The maximum Gasteiger partial charge on any atom is 0.0355 e.